The molecule has 1 aromatic heterocycles. The summed E-state index contributed by atoms with van der Waals surface area (Å²) in [6.07, 6.45) is 0. The van der Waals surface area contributed by atoms with Crippen molar-refractivity contribution in [2.75, 3.05) is 20.3 Å². The minimum atomic E-state index is -0.339. The molecule has 0 aliphatic carbocycles. The zero-order chi connectivity index (χ0) is 16.9. The van der Waals surface area contributed by atoms with Crippen LogP contribution in [0.1, 0.15) is 16.1 Å². The number of halogens is 1. The molecule has 4 nitrogen and oxygen atoms in total. The lowest BCUT2D eigenvalue weighted by Crippen LogP contribution is -2.33. The molecule has 3 rings (SSSR count). The average molecular weight is 326 g/mol. The van der Waals surface area contributed by atoms with Crippen LogP contribution in [0.2, 0.25) is 0 Å². The number of amides is 1. The molecule has 1 N–H and O–H groups in total. The van der Waals surface area contributed by atoms with Crippen LogP contribution in [0.25, 0.3) is 10.9 Å². The molecule has 0 bridgehead atoms. The predicted molar refractivity (Wildman–Crippen MR) is 91.3 cm³/mol. The SMILES string of the molecule is COCCN(Cc1ccccc1)C(=O)c1cc2c(F)cccc2[nH]1. The van der Waals surface area contributed by atoms with Gasteiger partial charge >= 0.3 is 0 Å². The summed E-state index contributed by atoms with van der Waals surface area (Å²) < 4.78 is 19.0. The van der Waals surface area contributed by atoms with Crippen LogP contribution in [-0.2, 0) is 11.3 Å². The number of H-pyrrole nitrogens is 1. The van der Waals surface area contributed by atoms with Gasteiger partial charge in [-0.05, 0) is 23.8 Å². The number of rotatable bonds is 6. The molecule has 1 heterocycles. The number of methoxy groups -OCH3 is 1. The van der Waals surface area contributed by atoms with Gasteiger partial charge in [0.2, 0.25) is 0 Å². The highest BCUT2D eigenvalue weighted by Crippen LogP contribution is 2.20. The van der Waals surface area contributed by atoms with Crippen LogP contribution >= 0.6 is 0 Å². The molecule has 0 fully saturated rings. The van der Waals surface area contributed by atoms with Crippen LogP contribution in [-0.4, -0.2) is 36.1 Å². The van der Waals surface area contributed by atoms with E-state index in [1.807, 2.05) is 30.3 Å². The highest BCUT2D eigenvalue weighted by atomic mass is 19.1. The van der Waals surface area contributed by atoms with Crippen LogP contribution in [0, 0.1) is 5.82 Å². The van der Waals surface area contributed by atoms with Crippen LogP contribution < -0.4 is 0 Å². The third kappa shape index (κ3) is 3.46. The van der Waals surface area contributed by atoms with E-state index in [-0.39, 0.29) is 11.7 Å². The monoisotopic (exact) mass is 326 g/mol. The average Bonchev–Trinajstić information content (AvgIpc) is 3.04. The van der Waals surface area contributed by atoms with Gasteiger partial charge < -0.3 is 14.6 Å². The Hall–Kier alpha value is -2.66. The fraction of sp³-hybridized carbons (Fsp3) is 0.211. The number of nitrogens with one attached hydrogen (secondary N) is 1. The molecule has 1 amide bonds. The predicted octanol–water partition coefficient (Wildman–Crippen LogP) is 3.60. The first-order valence-electron chi connectivity index (χ1n) is 7.78. The van der Waals surface area contributed by atoms with E-state index in [0.29, 0.717) is 36.3 Å². The number of hydrogen-bond donors (Lipinski definition) is 1. The van der Waals surface area contributed by atoms with Gasteiger partial charge in [-0.3, -0.25) is 4.79 Å². The summed E-state index contributed by atoms with van der Waals surface area (Å²) in [5, 5.41) is 0.423. The third-order valence-corrected chi connectivity index (χ3v) is 3.91. The maximum absolute atomic E-state index is 13.8. The number of carbonyl (C=O) groups excluding carboxylic acids is 1. The van der Waals surface area contributed by atoms with E-state index in [9.17, 15) is 9.18 Å². The Morgan fingerprint density at radius 1 is 1.17 bits per heavy atom. The van der Waals surface area contributed by atoms with Gasteiger partial charge in [0.15, 0.2) is 0 Å². The van der Waals surface area contributed by atoms with Crippen molar-refractivity contribution < 1.29 is 13.9 Å². The standard InChI is InChI=1S/C19H19FN2O2/c1-24-11-10-22(13-14-6-3-2-4-7-14)19(23)18-12-15-16(20)8-5-9-17(15)21-18/h2-9,12,21H,10-11,13H2,1H3. The smallest absolute Gasteiger partial charge is 0.270 e. The number of aromatic nitrogens is 1. The Morgan fingerprint density at radius 3 is 2.67 bits per heavy atom. The second-order valence-corrected chi connectivity index (χ2v) is 5.59. The van der Waals surface area contributed by atoms with Crippen molar-refractivity contribution in [3.8, 4) is 0 Å². The van der Waals surface area contributed by atoms with Crippen LogP contribution in [0.5, 0.6) is 0 Å². The van der Waals surface area contributed by atoms with Crippen molar-refractivity contribution in [1.82, 2.24) is 9.88 Å². The van der Waals surface area contributed by atoms with Crippen molar-refractivity contribution in [1.29, 1.82) is 0 Å². The van der Waals surface area contributed by atoms with E-state index in [1.165, 1.54) is 6.07 Å². The second-order valence-electron chi connectivity index (χ2n) is 5.59. The lowest BCUT2D eigenvalue weighted by atomic mass is 10.2. The zero-order valence-corrected chi connectivity index (χ0v) is 13.5. The van der Waals surface area contributed by atoms with E-state index in [2.05, 4.69) is 4.98 Å². The summed E-state index contributed by atoms with van der Waals surface area (Å²) in [6, 6.07) is 16.1. The van der Waals surface area contributed by atoms with E-state index in [4.69, 9.17) is 4.74 Å². The first kappa shape index (κ1) is 16.2. The van der Waals surface area contributed by atoms with Gasteiger partial charge in [0.1, 0.15) is 11.5 Å². The van der Waals surface area contributed by atoms with Crippen molar-refractivity contribution in [3.63, 3.8) is 0 Å². The molecular formula is C19H19FN2O2. The maximum Gasteiger partial charge on any atom is 0.270 e. The Kier molecular flexibility index (Phi) is 4.91. The molecule has 0 aliphatic rings. The topological polar surface area (TPSA) is 45.3 Å². The summed E-state index contributed by atoms with van der Waals surface area (Å²) in [5.41, 5.74) is 2.02. The number of benzene rings is 2. The number of hydrogen-bond acceptors (Lipinski definition) is 2. The second kappa shape index (κ2) is 7.27. The molecule has 24 heavy (non-hydrogen) atoms. The van der Waals surface area contributed by atoms with Crippen molar-refractivity contribution >= 4 is 16.8 Å². The number of fused-ring (bicyclic) bond motifs is 1. The quantitative estimate of drug-likeness (QED) is 0.752. The van der Waals surface area contributed by atoms with Crippen LogP contribution in [0.15, 0.2) is 54.6 Å². The molecule has 0 atom stereocenters. The van der Waals surface area contributed by atoms with E-state index in [0.717, 1.165) is 5.56 Å². The first-order valence-corrected chi connectivity index (χ1v) is 7.78. The lowest BCUT2D eigenvalue weighted by molar-refractivity contribution is 0.0675. The molecule has 0 radical (unpaired) electrons. The summed E-state index contributed by atoms with van der Waals surface area (Å²) in [6.45, 7) is 1.37. The summed E-state index contributed by atoms with van der Waals surface area (Å²) in [5.74, 6) is -0.513. The van der Waals surface area contributed by atoms with Crippen molar-refractivity contribution in [3.05, 3.63) is 71.7 Å². The van der Waals surface area contributed by atoms with Gasteiger partial charge in [0.05, 0.1) is 6.61 Å². The molecule has 5 heteroatoms. The zero-order valence-electron chi connectivity index (χ0n) is 13.5. The molecule has 124 valence electrons. The number of ether oxygens (including phenoxy) is 1. The van der Waals surface area contributed by atoms with E-state index >= 15 is 0 Å². The van der Waals surface area contributed by atoms with Crippen molar-refractivity contribution in [2.24, 2.45) is 0 Å². The lowest BCUT2D eigenvalue weighted by Gasteiger charge is -2.22. The third-order valence-electron chi connectivity index (χ3n) is 3.91. The largest absolute Gasteiger partial charge is 0.383 e. The first-order chi connectivity index (χ1) is 11.7. The Balaban J connectivity index is 1.87. The van der Waals surface area contributed by atoms with Gasteiger partial charge in [-0.15, -0.1) is 0 Å². The minimum absolute atomic E-state index is 0.175. The molecule has 0 unspecified atom stereocenters. The van der Waals surface area contributed by atoms with E-state index in [1.54, 1.807) is 30.2 Å². The Labute approximate surface area is 139 Å². The van der Waals surface area contributed by atoms with Crippen molar-refractivity contribution in [2.45, 2.75) is 6.54 Å². The number of nitrogens with zero attached hydrogens (tertiary/aromatic N) is 1. The fourth-order valence-corrected chi connectivity index (χ4v) is 2.66. The van der Waals surface area contributed by atoms with Gasteiger partial charge in [0, 0.05) is 31.1 Å². The fourth-order valence-electron chi connectivity index (χ4n) is 2.66. The highest BCUT2D eigenvalue weighted by Gasteiger charge is 2.19. The van der Waals surface area contributed by atoms with Crippen LogP contribution in [0.3, 0.4) is 0 Å². The number of carbonyl (C=O) groups is 1. The minimum Gasteiger partial charge on any atom is -0.383 e. The van der Waals surface area contributed by atoms with Gasteiger partial charge in [-0.1, -0.05) is 36.4 Å². The molecular weight excluding hydrogens is 307 g/mol. The molecule has 0 spiro atoms. The molecule has 0 saturated carbocycles. The summed E-state index contributed by atoms with van der Waals surface area (Å²) in [7, 11) is 1.60. The maximum atomic E-state index is 13.8. The number of aromatic amines is 1. The molecule has 2 aromatic carbocycles. The van der Waals surface area contributed by atoms with Gasteiger partial charge in [0.25, 0.3) is 5.91 Å². The summed E-state index contributed by atoms with van der Waals surface area (Å²) in [4.78, 5) is 17.6. The molecule has 3 aromatic rings. The summed E-state index contributed by atoms with van der Waals surface area (Å²) >= 11 is 0. The van der Waals surface area contributed by atoms with Gasteiger partial charge in [-0.25, -0.2) is 4.39 Å². The van der Waals surface area contributed by atoms with Crippen LogP contribution in [0.4, 0.5) is 4.39 Å². The van der Waals surface area contributed by atoms with E-state index < -0.39 is 0 Å². The molecule has 0 saturated heterocycles. The Bertz CT molecular complexity index is 830. The molecule has 0 aliphatic heterocycles. The Morgan fingerprint density at radius 2 is 1.96 bits per heavy atom. The normalized spacial score (nSPS) is 10.9. The van der Waals surface area contributed by atoms with Gasteiger partial charge in [-0.2, -0.15) is 0 Å². The highest BCUT2D eigenvalue weighted by molar-refractivity contribution is 5.98.